The molecule has 0 aromatic heterocycles. The summed E-state index contributed by atoms with van der Waals surface area (Å²) in [4.78, 5) is 42.6. The third-order valence-corrected chi connectivity index (χ3v) is 7.39. The van der Waals surface area contributed by atoms with Crippen LogP contribution in [0.4, 0.5) is 10.5 Å². The monoisotopic (exact) mass is 571 g/mol. The van der Waals surface area contributed by atoms with Crippen molar-refractivity contribution < 1.29 is 29.0 Å². The molecule has 3 N–H and O–H groups in total. The Morgan fingerprint density at radius 1 is 1.12 bits per heavy atom. The van der Waals surface area contributed by atoms with Crippen molar-refractivity contribution in [2.24, 2.45) is 0 Å². The number of carbonyl (C=O) groups is 3. The molecule has 218 valence electrons. The van der Waals surface area contributed by atoms with Crippen LogP contribution in [0.5, 0.6) is 11.5 Å². The highest BCUT2D eigenvalue weighted by Crippen LogP contribution is 2.36. The second kappa shape index (κ2) is 13.8. The van der Waals surface area contributed by atoms with Gasteiger partial charge in [0.2, 0.25) is 5.91 Å². The maximum Gasteiger partial charge on any atom is 0.408 e. The summed E-state index contributed by atoms with van der Waals surface area (Å²) in [5.41, 5.74) is 0.988. The van der Waals surface area contributed by atoms with E-state index in [2.05, 4.69) is 10.6 Å². The summed E-state index contributed by atoms with van der Waals surface area (Å²) in [7, 11) is 1.57. The van der Waals surface area contributed by atoms with Gasteiger partial charge in [0.1, 0.15) is 29.2 Å². The van der Waals surface area contributed by atoms with Crippen molar-refractivity contribution in [1.29, 1.82) is 0 Å². The lowest BCUT2D eigenvalue weighted by atomic mass is 9.87. The van der Waals surface area contributed by atoms with Crippen LogP contribution in [0, 0.1) is 6.92 Å². The summed E-state index contributed by atoms with van der Waals surface area (Å²) in [5.74, 6) is 0.650. The molecule has 0 bridgehead atoms. The van der Waals surface area contributed by atoms with Gasteiger partial charge in [0.15, 0.2) is 0 Å². The van der Waals surface area contributed by atoms with Crippen LogP contribution in [0.15, 0.2) is 42.5 Å². The Morgan fingerprint density at radius 2 is 1.80 bits per heavy atom. The van der Waals surface area contributed by atoms with Crippen molar-refractivity contribution in [3.05, 3.63) is 53.6 Å². The molecule has 10 heteroatoms. The van der Waals surface area contributed by atoms with Gasteiger partial charge in [-0.2, -0.15) is 11.8 Å². The zero-order valence-corrected chi connectivity index (χ0v) is 25.0. The number of anilines is 1. The summed E-state index contributed by atoms with van der Waals surface area (Å²) in [6.07, 6.45) is 4.06. The van der Waals surface area contributed by atoms with Crippen LogP contribution in [0.3, 0.4) is 0 Å². The summed E-state index contributed by atoms with van der Waals surface area (Å²) >= 11 is 1.57. The minimum absolute atomic E-state index is 0.101. The molecule has 2 aromatic carbocycles. The molecular weight excluding hydrogens is 530 g/mol. The minimum Gasteiger partial charge on any atom is -0.508 e. The van der Waals surface area contributed by atoms with Crippen LogP contribution in [0.2, 0.25) is 0 Å². The van der Waals surface area contributed by atoms with Crippen LogP contribution >= 0.6 is 11.8 Å². The topological polar surface area (TPSA) is 117 Å². The highest BCUT2D eigenvalue weighted by atomic mass is 32.2. The fourth-order valence-electron chi connectivity index (χ4n) is 4.48. The number of hydrogen-bond donors (Lipinski definition) is 3. The highest BCUT2D eigenvalue weighted by molar-refractivity contribution is 7.98. The number of carbonyl (C=O) groups excluding carboxylic acids is 3. The number of ether oxygens (including phenoxy) is 2. The lowest BCUT2D eigenvalue weighted by Gasteiger charge is -2.43. The standard InChI is InChI=1S/C30H41N3O6S/c1-19-18-20(10-15-25(19)34)26(27(35)31-21-11-13-23(38-5)14-12-21)33(22-8-7-9-22)28(36)24(16-17-40-6)32-29(37)39-30(2,3)4/h10-15,18,22,24,26,34H,7-9,16-17H2,1-6H3,(H,31,35)(H,32,37). The number of aryl methyl sites for hydroxylation is 1. The molecule has 2 aromatic rings. The Balaban J connectivity index is 2.02. The molecule has 2 unspecified atom stereocenters. The maximum absolute atomic E-state index is 14.3. The SMILES string of the molecule is COc1ccc(NC(=O)C(c2ccc(O)c(C)c2)N(C(=O)C(CCSC)NC(=O)OC(C)(C)C)C2CCC2)cc1. The summed E-state index contributed by atoms with van der Waals surface area (Å²) in [5, 5.41) is 15.9. The van der Waals surface area contributed by atoms with Gasteiger partial charge in [-0.05, 0) is 113 Å². The van der Waals surface area contributed by atoms with Gasteiger partial charge < -0.3 is 30.1 Å². The van der Waals surface area contributed by atoms with Gasteiger partial charge in [0.25, 0.3) is 5.91 Å². The third kappa shape index (κ3) is 8.30. The quantitative estimate of drug-likeness (QED) is 0.330. The number of nitrogens with zero attached hydrogens (tertiary/aromatic N) is 1. The molecule has 3 amide bonds. The molecular formula is C30H41N3O6S. The second-order valence-corrected chi connectivity index (χ2v) is 12.0. The molecule has 0 spiro atoms. The number of methoxy groups -OCH3 is 1. The molecule has 0 heterocycles. The lowest BCUT2D eigenvalue weighted by molar-refractivity contribution is -0.145. The van der Waals surface area contributed by atoms with E-state index in [0.717, 1.165) is 19.3 Å². The zero-order chi connectivity index (χ0) is 29.4. The number of rotatable bonds is 11. The Kier molecular flexibility index (Phi) is 10.7. The number of nitrogens with one attached hydrogen (secondary N) is 2. The average molecular weight is 572 g/mol. The Bertz CT molecular complexity index is 1180. The molecule has 40 heavy (non-hydrogen) atoms. The van der Waals surface area contributed by atoms with E-state index in [9.17, 15) is 19.5 Å². The van der Waals surface area contributed by atoms with Gasteiger partial charge in [0, 0.05) is 11.7 Å². The summed E-state index contributed by atoms with van der Waals surface area (Å²) in [6.45, 7) is 7.04. The van der Waals surface area contributed by atoms with Crippen molar-refractivity contribution in [3.63, 3.8) is 0 Å². The molecule has 2 atom stereocenters. The summed E-state index contributed by atoms with van der Waals surface area (Å²) in [6, 6.07) is 9.84. The van der Waals surface area contributed by atoms with Gasteiger partial charge in [-0.3, -0.25) is 9.59 Å². The first-order valence-corrected chi connectivity index (χ1v) is 14.9. The first kappa shape index (κ1) is 31.1. The number of phenols is 1. The predicted octanol–water partition coefficient (Wildman–Crippen LogP) is 5.42. The molecule has 1 aliphatic carbocycles. The number of alkyl carbamates (subject to hydrolysis) is 1. The molecule has 3 rings (SSSR count). The smallest absolute Gasteiger partial charge is 0.408 e. The number of aromatic hydroxyl groups is 1. The number of benzene rings is 2. The normalized spacial score (nSPS) is 14.8. The number of hydrogen-bond acceptors (Lipinski definition) is 7. The van der Waals surface area contributed by atoms with Crippen LogP contribution in [-0.4, -0.2) is 64.7 Å². The fraction of sp³-hybridized carbons (Fsp3) is 0.500. The van der Waals surface area contributed by atoms with E-state index in [1.165, 1.54) is 6.07 Å². The maximum atomic E-state index is 14.3. The van der Waals surface area contributed by atoms with E-state index < -0.39 is 29.7 Å². The average Bonchev–Trinajstić information content (AvgIpc) is 2.86. The van der Waals surface area contributed by atoms with Crippen molar-refractivity contribution in [1.82, 2.24) is 10.2 Å². The van der Waals surface area contributed by atoms with Crippen LogP contribution in [-0.2, 0) is 14.3 Å². The second-order valence-electron chi connectivity index (χ2n) is 11.0. The Morgan fingerprint density at radius 3 is 2.33 bits per heavy atom. The van der Waals surface area contributed by atoms with E-state index in [-0.39, 0.29) is 17.7 Å². The van der Waals surface area contributed by atoms with E-state index in [1.807, 2.05) is 6.26 Å². The molecule has 1 fully saturated rings. The molecule has 0 saturated heterocycles. The van der Waals surface area contributed by atoms with Crippen molar-refractivity contribution >= 4 is 35.4 Å². The zero-order valence-electron chi connectivity index (χ0n) is 24.2. The van der Waals surface area contributed by atoms with Gasteiger partial charge >= 0.3 is 6.09 Å². The molecule has 9 nitrogen and oxygen atoms in total. The van der Waals surface area contributed by atoms with Crippen molar-refractivity contribution in [2.75, 3.05) is 24.4 Å². The van der Waals surface area contributed by atoms with E-state index in [0.29, 0.717) is 34.7 Å². The third-order valence-electron chi connectivity index (χ3n) is 6.74. The Hall–Kier alpha value is -3.40. The number of amides is 3. The largest absolute Gasteiger partial charge is 0.508 e. The molecule has 1 saturated carbocycles. The number of phenolic OH excluding ortho intramolecular Hbond substituents is 1. The van der Waals surface area contributed by atoms with Gasteiger partial charge in [-0.1, -0.05) is 6.07 Å². The molecule has 1 aliphatic rings. The van der Waals surface area contributed by atoms with Gasteiger partial charge in [0.05, 0.1) is 7.11 Å². The lowest BCUT2D eigenvalue weighted by Crippen LogP contribution is -2.57. The van der Waals surface area contributed by atoms with Crippen molar-refractivity contribution in [2.45, 2.75) is 77.1 Å². The van der Waals surface area contributed by atoms with E-state index in [1.54, 1.807) is 87.9 Å². The van der Waals surface area contributed by atoms with Gasteiger partial charge in [-0.15, -0.1) is 0 Å². The van der Waals surface area contributed by atoms with E-state index in [4.69, 9.17) is 9.47 Å². The van der Waals surface area contributed by atoms with Crippen LogP contribution in [0.25, 0.3) is 0 Å². The highest BCUT2D eigenvalue weighted by Gasteiger charge is 2.42. The van der Waals surface area contributed by atoms with E-state index >= 15 is 0 Å². The first-order chi connectivity index (χ1) is 18.9. The fourth-order valence-corrected chi connectivity index (χ4v) is 4.95. The molecule has 0 aliphatic heterocycles. The molecule has 0 radical (unpaired) electrons. The first-order valence-electron chi connectivity index (χ1n) is 13.5. The Labute approximate surface area is 241 Å². The summed E-state index contributed by atoms with van der Waals surface area (Å²) < 4.78 is 10.7. The minimum atomic E-state index is -0.989. The van der Waals surface area contributed by atoms with Crippen LogP contribution in [0.1, 0.15) is 63.6 Å². The van der Waals surface area contributed by atoms with Crippen molar-refractivity contribution in [3.8, 4) is 11.5 Å². The van der Waals surface area contributed by atoms with Gasteiger partial charge in [-0.25, -0.2) is 4.79 Å². The van der Waals surface area contributed by atoms with Crippen LogP contribution < -0.4 is 15.4 Å². The number of thioether (sulfide) groups is 1. The predicted molar refractivity (Wildman–Crippen MR) is 158 cm³/mol.